The molecule has 0 bridgehead atoms. The minimum atomic E-state index is -5.01. The molecule has 1 N–H and O–H groups in total. The molecular formula is C30H19ClF6N4O4. The van der Waals surface area contributed by atoms with Crippen LogP contribution < -0.4 is 9.47 Å². The first-order valence-electron chi connectivity index (χ1n) is 12.8. The fourth-order valence-electron chi connectivity index (χ4n) is 4.26. The molecule has 5 rings (SSSR count). The second kappa shape index (κ2) is 12.1. The highest BCUT2D eigenvalue weighted by Crippen LogP contribution is 2.36. The predicted octanol–water partition coefficient (Wildman–Crippen LogP) is 8.40. The van der Waals surface area contributed by atoms with Gasteiger partial charge in [0.05, 0.1) is 17.5 Å². The summed E-state index contributed by atoms with van der Waals surface area (Å²) in [5, 5.41) is 12.5. The molecule has 45 heavy (non-hydrogen) atoms. The molecule has 15 heteroatoms. The lowest BCUT2D eigenvalue weighted by atomic mass is 10.1. The maximum Gasteiger partial charge on any atom is 0.434 e. The average Bonchev–Trinajstić information content (AvgIpc) is 3.45. The van der Waals surface area contributed by atoms with Crippen LogP contribution in [0.4, 0.5) is 26.3 Å². The monoisotopic (exact) mass is 648 g/mol. The maximum atomic E-state index is 13.7. The maximum absolute atomic E-state index is 13.7. The predicted molar refractivity (Wildman–Crippen MR) is 149 cm³/mol. The second-order valence-electron chi connectivity index (χ2n) is 9.49. The first-order chi connectivity index (χ1) is 21.2. The number of benzene rings is 2. The van der Waals surface area contributed by atoms with Crippen LogP contribution in [0.3, 0.4) is 0 Å². The molecule has 5 aromatic rings. The summed E-state index contributed by atoms with van der Waals surface area (Å²) in [6.07, 6.45) is -8.38. The fourth-order valence-corrected chi connectivity index (χ4v) is 4.47. The molecule has 232 valence electrons. The molecule has 8 nitrogen and oxygen atoms in total. The molecule has 0 atom stereocenters. The van der Waals surface area contributed by atoms with Gasteiger partial charge in [-0.1, -0.05) is 35.9 Å². The lowest BCUT2D eigenvalue weighted by Gasteiger charge is -2.15. The van der Waals surface area contributed by atoms with Gasteiger partial charge in [-0.15, -0.1) is 0 Å². The van der Waals surface area contributed by atoms with E-state index >= 15 is 0 Å². The molecule has 0 spiro atoms. The van der Waals surface area contributed by atoms with Gasteiger partial charge in [0, 0.05) is 11.8 Å². The van der Waals surface area contributed by atoms with Crippen LogP contribution in [0.1, 0.15) is 32.7 Å². The normalized spacial score (nSPS) is 11.8. The molecule has 0 fully saturated rings. The number of aromatic nitrogens is 4. The van der Waals surface area contributed by atoms with Crippen LogP contribution in [0.25, 0.3) is 17.1 Å². The number of hydrogen-bond donors (Lipinski definition) is 1. The van der Waals surface area contributed by atoms with Crippen molar-refractivity contribution in [1.29, 1.82) is 0 Å². The highest BCUT2D eigenvalue weighted by Gasteiger charge is 2.41. The molecule has 0 aliphatic carbocycles. The number of halogens is 7. The van der Waals surface area contributed by atoms with Gasteiger partial charge in [-0.2, -0.15) is 31.4 Å². The van der Waals surface area contributed by atoms with Crippen molar-refractivity contribution in [3.63, 3.8) is 0 Å². The number of hydrogen-bond acceptors (Lipinski definition) is 6. The highest BCUT2D eigenvalue weighted by molar-refractivity contribution is 6.31. The summed E-state index contributed by atoms with van der Waals surface area (Å²) in [6, 6.07) is 16.5. The SMILES string of the molecule is Cc1cc(Oc2ncc(C(F)(F)F)cc2Cl)ccc1COc1ccccc1-c1cccc(-n2ncc(C(=O)O)c2C(F)(F)F)n1. The highest BCUT2D eigenvalue weighted by atomic mass is 35.5. The number of carboxylic acid groups (broad SMARTS) is 1. The van der Waals surface area contributed by atoms with Gasteiger partial charge in [-0.05, 0) is 60.5 Å². The van der Waals surface area contributed by atoms with Gasteiger partial charge in [-0.3, -0.25) is 0 Å². The van der Waals surface area contributed by atoms with E-state index in [9.17, 15) is 36.2 Å². The fraction of sp³-hybridized carbons (Fsp3) is 0.133. The smallest absolute Gasteiger partial charge is 0.434 e. The summed E-state index contributed by atoms with van der Waals surface area (Å²) in [4.78, 5) is 19.3. The lowest BCUT2D eigenvalue weighted by molar-refractivity contribution is -0.143. The van der Waals surface area contributed by atoms with Gasteiger partial charge in [0.25, 0.3) is 0 Å². The molecule has 0 unspecified atom stereocenters. The number of pyridine rings is 2. The first-order valence-corrected chi connectivity index (χ1v) is 13.2. The van der Waals surface area contributed by atoms with Crippen LogP contribution in [0.5, 0.6) is 17.4 Å². The first kappa shape index (κ1) is 31.3. The molecule has 0 saturated carbocycles. The molecule has 0 aliphatic heterocycles. The van der Waals surface area contributed by atoms with Crippen molar-refractivity contribution in [3.8, 4) is 34.5 Å². The van der Waals surface area contributed by atoms with E-state index in [2.05, 4.69) is 15.1 Å². The Labute approximate surface area is 255 Å². The second-order valence-corrected chi connectivity index (χ2v) is 9.89. The van der Waals surface area contributed by atoms with E-state index in [1.165, 1.54) is 12.1 Å². The summed E-state index contributed by atoms with van der Waals surface area (Å²) >= 11 is 5.93. The standard InChI is InChI=1S/C30H19ClF6N4O4/c1-16-11-19(45-27-22(31)12-18(13-38-27)29(32,33)34)10-9-17(16)15-44-24-7-3-2-5-20(24)23-6-4-8-25(40-23)41-26(30(35,36)37)21(14-39-41)28(42)43/h2-14H,15H2,1H3,(H,42,43). The largest absolute Gasteiger partial charge is 0.488 e. The zero-order valence-corrected chi connectivity index (χ0v) is 23.6. The third-order valence-corrected chi connectivity index (χ3v) is 6.70. The number of carboxylic acids is 1. The minimum Gasteiger partial charge on any atom is -0.488 e. The van der Waals surface area contributed by atoms with Crippen LogP contribution in [0, 0.1) is 6.92 Å². The van der Waals surface area contributed by atoms with Gasteiger partial charge in [-0.25, -0.2) is 19.4 Å². The van der Waals surface area contributed by atoms with Gasteiger partial charge in [0.2, 0.25) is 5.88 Å². The van der Waals surface area contributed by atoms with E-state index in [0.717, 1.165) is 11.6 Å². The van der Waals surface area contributed by atoms with Crippen LogP contribution >= 0.6 is 11.6 Å². The summed E-state index contributed by atoms with van der Waals surface area (Å²) in [5.41, 5.74) is -1.37. The molecule has 0 aliphatic rings. The van der Waals surface area contributed by atoms with Crippen LogP contribution in [-0.2, 0) is 19.0 Å². The van der Waals surface area contributed by atoms with E-state index in [-0.39, 0.29) is 34.8 Å². The summed E-state index contributed by atoms with van der Waals surface area (Å²) in [5.74, 6) is -1.61. The lowest BCUT2D eigenvalue weighted by Crippen LogP contribution is -2.18. The van der Waals surface area contributed by atoms with Gasteiger partial charge in [0.15, 0.2) is 11.5 Å². The molecule has 0 amide bonds. The van der Waals surface area contributed by atoms with Crippen molar-refractivity contribution < 1.29 is 45.7 Å². The number of carbonyl (C=O) groups is 1. The van der Waals surface area contributed by atoms with E-state index in [4.69, 9.17) is 21.1 Å². The molecule has 2 aromatic carbocycles. The quantitative estimate of drug-likeness (QED) is 0.169. The Balaban J connectivity index is 1.36. The number of rotatable bonds is 8. The van der Waals surface area contributed by atoms with Crippen molar-refractivity contribution in [2.75, 3.05) is 0 Å². The zero-order chi connectivity index (χ0) is 32.5. The average molecular weight is 649 g/mol. The topological polar surface area (TPSA) is 99.4 Å². The Bertz CT molecular complexity index is 1890. The van der Waals surface area contributed by atoms with Crippen molar-refractivity contribution in [3.05, 3.63) is 112 Å². The molecule has 0 saturated heterocycles. The van der Waals surface area contributed by atoms with E-state index in [1.807, 2.05) is 0 Å². The molecule has 0 radical (unpaired) electrons. The molecule has 3 heterocycles. The van der Waals surface area contributed by atoms with Crippen molar-refractivity contribution >= 4 is 17.6 Å². The third-order valence-electron chi connectivity index (χ3n) is 6.43. The number of nitrogens with zero attached hydrogens (tertiary/aromatic N) is 4. The number of para-hydroxylation sites is 1. The molecule has 3 aromatic heterocycles. The Morgan fingerprint density at radius 2 is 1.71 bits per heavy atom. The van der Waals surface area contributed by atoms with Crippen LogP contribution in [0.15, 0.2) is 79.1 Å². The molecular weight excluding hydrogens is 630 g/mol. The Morgan fingerprint density at radius 1 is 0.956 bits per heavy atom. The van der Waals surface area contributed by atoms with E-state index in [1.54, 1.807) is 55.5 Å². The minimum absolute atomic E-state index is 0.0570. The number of alkyl halides is 6. The third kappa shape index (κ3) is 6.85. The zero-order valence-electron chi connectivity index (χ0n) is 22.8. The number of ether oxygens (including phenoxy) is 2. The van der Waals surface area contributed by atoms with Gasteiger partial charge in [0.1, 0.15) is 28.7 Å². The van der Waals surface area contributed by atoms with E-state index < -0.39 is 35.1 Å². The Kier molecular flexibility index (Phi) is 8.43. The van der Waals surface area contributed by atoms with Crippen LogP contribution in [-0.4, -0.2) is 30.8 Å². The van der Waals surface area contributed by atoms with Crippen LogP contribution in [0.2, 0.25) is 5.02 Å². The van der Waals surface area contributed by atoms with Crippen molar-refractivity contribution in [2.45, 2.75) is 25.9 Å². The Hall–Kier alpha value is -5.11. The van der Waals surface area contributed by atoms with Crippen molar-refractivity contribution in [1.82, 2.24) is 19.7 Å². The summed E-state index contributed by atoms with van der Waals surface area (Å²) in [7, 11) is 0. The van der Waals surface area contributed by atoms with Gasteiger partial charge < -0.3 is 14.6 Å². The summed E-state index contributed by atoms with van der Waals surface area (Å²) in [6.45, 7) is 1.82. The van der Waals surface area contributed by atoms with Crippen molar-refractivity contribution in [2.24, 2.45) is 0 Å². The Morgan fingerprint density at radius 3 is 2.38 bits per heavy atom. The summed E-state index contributed by atoms with van der Waals surface area (Å²) < 4.78 is 92.0. The van der Waals surface area contributed by atoms with E-state index in [0.29, 0.717) is 34.0 Å². The van der Waals surface area contributed by atoms with Gasteiger partial charge >= 0.3 is 18.3 Å². The number of aromatic carboxylic acids is 1. The number of aryl methyl sites for hydroxylation is 1.